The van der Waals surface area contributed by atoms with Crippen molar-refractivity contribution in [3.63, 3.8) is 0 Å². The minimum atomic E-state index is -4.38. The van der Waals surface area contributed by atoms with Crippen molar-refractivity contribution >= 4 is 16.7 Å². The van der Waals surface area contributed by atoms with Crippen LogP contribution in [0.4, 0.5) is 19.0 Å². The van der Waals surface area contributed by atoms with Crippen molar-refractivity contribution < 1.29 is 13.2 Å². The van der Waals surface area contributed by atoms with Gasteiger partial charge in [0.1, 0.15) is 11.6 Å². The number of nitrogens with zero attached hydrogens (tertiary/aromatic N) is 3. The minimum absolute atomic E-state index is 0.0867. The Labute approximate surface area is 172 Å². The summed E-state index contributed by atoms with van der Waals surface area (Å²) in [4.78, 5) is 21.5. The summed E-state index contributed by atoms with van der Waals surface area (Å²) in [5, 5.41) is 3.83. The topological polar surface area (TPSA) is 59.8 Å². The third-order valence-electron chi connectivity index (χ3n) is 5.55. The highest BCUT2D eigenvalue weighted by molar-refractivity contribution is 5.88. The predicted molar refractivity (Wildman–Crippen MR) is 109 cm³/mol. The average Bonchev–Trinajstić information content (AvgIpc) is 2.71. The first-order valence-corrected chi connectivity index (χ1v) is 10.1. The van der Waals surface area contributed by atoms with Gasteiger partial charge in [-0.2, -0.15) is 13.2 Å². The Kier molecular flexibility index (Phi) is 5.49. The van der Waals surface area contributed by atoms with Crippen LogP contribution in [0.5, 0.6) is 0 Å². The quantitative estimate of drug-likeness (QED) is 0.632. The third-order valence-corrected chi connectivity index (χ3v) is 5.55. The van der Waals surface area contributed by atoms with Crippen molar-refractivity contribution in [3.8, 4) is 0 Å². The van der Waals surface area contributed by atoms with E-state index in [4.69, 9.17) is 0 Å². The summed E-state index contributed by atoms with van der Waals surface area (Å²) in [6.07, 6.45) is 2.72. The van der Waals surface area contributed by atoms with Crippen LogP contribution in [0.2, 0.25) is 0 Å². The van der Waals surface area contributed by atoms with E-state index in [1.54, 1.807) is 23.8 Å². The number of hydrogen-bond donors (Lipinski definition) is 1. The molecule has 1 aliphatic carbocycles. The number of aryl methyl sites for hydroxylation is 1. The van der Waals surface area contributed by atoms with Crippen LogP contribution in [0, 0.1) is 6.92 Å². The van der Waals surface area contributed by atoms with Gasteiger partial charge in [-0.25, -0.2) is 9.97 Å². The molecule has 3 aromatic rings. The van der Waals surface area contributed by atoms with Gasteiger partial charge >= 0.3 is 6.18 Å². The fourth-order valence-corrected chi connectivity index (χ4v) is 4.06. The number of nitrogens with one attached hydrogen (secondary N) is 1. The molecule has 1 N–H and O–H groups in total. The van der Waals surface area contributed by atoms with Gasteiger partial charge in [0.15, 0.2) is 0 Å². The van der Waals surface area contributed by atoms with Crippen LogP contribution in [0.15, 0.2) is 41.3 Å². The summed E-state index contributed by atoms with van der Waals surface area (Å²) in [5.74, 6) is 1.00. The van der Waals surface area contributed by atoms with E-state index in [0.29, 0.717) is 28.1 Å². The number of aromatic nitrogens is 3. The van der Waals surface area contributed by atoms with Gasteiger partial charge in [0.05, 0.1) is 16.5 Å². The normalized spacial score (nSPS) is 15.5. The SMILES string of the molecule is Cc1nc(NCc2cccc(C(F)(F)F)c2)c2cn(C3CCCCC3)c(=O)cc2n1. The summed E-state index contributed by atoms with van der Waals surface area (Å²) < 4.78 is 40.7. The van der Waals surface area contributed by atoms with Gasteiger partial charge in [0.2, 0.25) is 0 Å². The van der Waals surface area contributed by atoms with Gasteiger partial charge < -0.3 is 9.88 Å². The van der Waals surface area contributed by atoms with Crippen LogP contribution in [-0.2, 0) is 12.7 Å². The second kappa shape index (κ2) is 8.08. The molecular formula is C22H23F3N4O. The Morgan fingerprint density at radius 2 is 1.90 bits per heavy atom. The van der Waals surface area contributed by atoms with Crippen LogP contribution in [0.25, 0.3) is 10.9 Å². The predicted octanol–water partition coefficient (Wildman–Crippen LogP) is 5.24. The first kappa shape index (κ1) is 20.4. The molecule has 1 fully saturated rings. The number of pyridine rings is 1. The summed E-state index contributed by atoms with van der Waals surface area (Å²) >= 11 is 0. The van der Waals surface area contributed by atoms with Crippen molar-refractivity contribution in [2.45, 2.75) is 57.8 Å². The van der Waals surface area contributed by atoms with Crippen molar-refractivity contribution in [1.29, 1.82) is 0 Å². The number of benzene rings is 1. The van der Waals surface area contributed by atoms with E-state index in [1.165, 1.54) is 18.6 Å². The maximum absolute atomic E-state index is 13.0. The first-order valence-electron chi connectivity index (χ1n) is 10.1. The van der Waals surface area contributed by atoms with Gasteiger partial charge in [-0.15, -0.1) is 0 Å². The maximum atomic E-state index is 13.0. The highest BCUT2D eigenvalue weighted by Gasteiger charge is 2.30. The molecule has 8 heteroatoms. The molecule has 0 aliphatic heterocycles. The lowest BCUT2D eigenvalue weighted by Crippen LogP contribution is -2.25. The molecule has 2 aromatic heterocycles. The van der Waals surface area contributed by atoms with Crippen molar-refractivity contribution in [1.82, 2.24) is 14.5 Å². The Bertz CT molecular complexity index is 1120. The lowest BCUT2D eigenvalue weighted by Gasteiger charge is -2.24. The third kappa shape index (κ3) is 4.32. The standard InChI is InChI=1S/C22H23F3N4O/c1-14-27-19-11-20(30)29(17-8-3-2-4-9-17)13-18(19)21(28-14)26-12-15-6-5-7-16(10-15)22(23,24)25/h5-7,10-11,13,17H,2-4,8-9,12H2,1H3,(H,26,27,28). The molecule has 1 aromatic carbocycles. The molecule has 4 rings (SSSR count). The lowest BCUT2D eigenvalue weighted by atomic mass is 9.95. The molecule has 0 unspecified atom stereocenters. The van der Waals surface area contributed by atoms with E-state index in [-0.39, 0.29) is 18.1 Å². The van der Waals surface area contributed by atoms with Crippen molar-refractivity contribution in [2.75, 3.05) is 5.32 Å². The highest BCUT2D eigenvalue weighted by Crippen LogP contribution is 2.31. The fraction of sp³-hybridized carbons (Fsp3) is 0.409. The molecule has 0 bridgehead atoms. The van der Waals surface area contributed by atoms with Crippen molar-refractivity contribution in [3.05, 3.63) is 63.8 Å². The highest BCUT2D eigenvalue weighted by atomic mass is 19.4. The molecule has 2 heterocycles. The Morgan fingerprint density at radius 1 is 1.13 bits per heavy atom. The number of anilines is 1. The van der Waals surface area contributed by atoms with Crippen LogP contribution >= 0.6 is 0 Å². The van der Waals surface area contributed by atoms with E-state index in [0.717, 1.165) is 37.8 Å². The summed E-state index contributed by atoms with van der Waals surface area (Å²) in [6, 6.07) is 6.89. The van der Waals surface area contributed by atoms with E-state index >= 15 is 0 Å². The zero-order valence-corrected chi connectivity index (χ0v) is 16.7. The molecule has 0 radical (unpaired) electrons. The van der Waals surface area contributed by atoms with E-state index in [9.17, 15) is 18.0 Å². The second-order valence-corrected chi connectivity index (χ2v) is 7.78. The smallest absolute Gasteiger partial charge is 0.365 e. The Balaban J connectivity index is 1.67. The minimum Gasteiger partial charge on any atom is -0.365 e. The fourth-order valence-electron chi connectivity index (χ4n) is 4.06. The number of hydrogen-bond acceptors (Lipinski definition) is 4. The lowest BCUT2D eigenvalue weighted by molar-refractivity contribution is -0.137. The van der Waals surface area contributed by atoms with E-state index in [1.807, 2.05) is 0 Å². The summed E-state index contributed by atoms with van der Waals surface area (Å²) in [7, 11) is 0. The number of rotatable bonds is 4. The Hall–Kier alpha value is -2.90. The molecule has 30 heavy (non-hydrogen) atoms. The molecule has 0 saturated heterocycles. The van der Waals surface area contributed by atoms with Crippen LogP contribution in [0.3, 0.4) is 0 Å². The largest absolute Gasteiger partial charge is 0.416 e. The first-order chi connectivity index (χ1) is 14.3. The molecule has 0 amide bonds. The second-order valence-electron chi connectivity index (χ2n) is 7.78. The molecule has 0 atom stereocenters. The monoisotopic (exact) mass is 416 g/mol. The molecule has 1 aliphatic rings. The Morgan fingerprint density at radius 3 is 2.63 bits per heavy atom. The van der Waals surface area contributed by atoms with Gasteiger partial charge in [-0.05, 0) is 37.5 Å². The zero-order valence-electron chi connectivity index (χ0n) is 16.7. The van der Waals surface area contributed by atoms with Crippen LogP contribution in [0.1, 0.15) is 55.1 Å². The zero-order chi connectivity index (χ0) is 21.3. The van der Waals surface area contributed by atoms with Crippen LogP contribution in [-0.4, -0.2) is 14.5 Å². The van der Waals surface area contributed by atoms with Crippen molar-refractivity contribution in [2.24, 2.45) is 0 Å². The van der Waals surface area contributed by atoms with Gasteiger partial charge in [0, 0.05) is 24.8 Å². The average molecular weight is 416 g/mol. The summed E-state index contributed by atoms with van der Waals surface area (Å²) in [6.45, 7) is 1.90. The number of alkyl halides is 3. The molecule has 158 valence electrons. The molecular weight excluding hydrogens is 393 g/mol. The molecule has 1 saturated carbocycles. The molecule has 0 spiro atoms. The van der Waals surface area contributed by atoms with Gasteiger partial charge in [0.25, 0.3) is 5.56 Å². The number of halogens is 3. The summed E-state index contributed by atoms with van der Waals surface area (Å²) in [5.41, 5.74) is 0.258. The van der Waals surface area contributed by atoms with Crippen LogP contribution < -0.4 is 10.9 Å². The van der Waals surface area contributed by atoms with Gasteiger partial charge in [-0.3, -0.25) is 4.79 Å². The van der Waals surface area contributed by atoms with Gasteiger partial charge in [-0.1, -0.05) is 31.4 Å². The maximum Gasteiger partial charge on any atom is 0.416 e. The molecule has 5 nitrogen and oxygen atoms in total. The van der Waals surface area contributed by atoms with E-state index in [2.05, 4.69) is 15.3 Å². The number of fused-ring (bicyclic) bond motifs is 1. The van der Waals surface area contributed by atoms with E-state index < -0.39 is 11.7 Å².